The SMILES string of the molecule is CCOc1ccccc1N1CCN(C(=O)NCC(Cc2ccccc2)N(C)C)CC1. The number of nitrogens with zero attached hydrogens (tertiary/aromatic N) is 3. The number of carbonyl (C=O) groups is 1. The van der Waals surface area contributed by atoms with Crippen LogP contribution in [-0.2, 0) is 6.42 Å². The number of hydrogen-bond donors (Lipinski definition) is 1. The van der Waals surface area contributed by atoms with E-state index in [1.807, 2.05) is 36.1 Å². The smallest absolute Gasteiger partial charge is 0.317 e. The Labute approximate surface area is 180 Å². The number of carbonyl (C=O) groups excluding carboxylic acids is 1. The predicted octanol–water partition coefficient (Wildman–Crippen LogP) is 3.09. The predicted molar refractivity (Wildman–Crippen MR) is 122 cm³/mol. The van der Waals surface area contributed by atoms with Gasteiger partial charge in [0.15, 0.2) is 0 Å². The summed E-state index contributed by atoms with van der Waals surface area (Å²) in [5.41, 5.74) is 2.39. The molecule has 2 aromatic rings. The molecule has 1 fully saturated rings. The number of nitrogens with one attached hydrogen (secondary N) is 1. The van der Waals surface area contributed by atoms with Gasteiger partial charge in [0.25, 0.3) is 0 Å². The lowest BCUT2D eigenvalue weighted by molar-refractivity contribution is 0.188. The maximum Gasteiger partial charge on any atom is 0.317 e. The number of anilines is 1. The van der Waals surface area contributed by atoms with Crippen molar-refractivity contribution in [1.82, 2.24) is 15.1 Å². The molecule has 1 N–H and O–H groups in total. The van der Waals surface area contributed by atoms with Crippen molar-refractivity contribution < 1.29 is 9.53 Å². The third kappa shape index (κ3) is 5.89. The van der Waals surface area contributed by atoms with Crippen LogP contribution < -0.4 is 15.0 Å². The van der Waals surface area contributed by atoms with Crippen molar-refractivity contribution in [2.75, 3.05) is 58.3 Å². The highest BCUT2D eigenvalue weighted by Crippen LogP contribution is 2.28. The first-order chi connectivity index (χ1) is 14.6. The molecule has 162 valence electrons. The second-order valence-electron chi connectivity index (χ2n) is 7.87. The number of rotatable bonds is 8. The Bertz CT molecular complexity index is 789. The molecule has 2 amide bonds. The Kier molecular flexibility index (Phi) is 7.97. The first-order valence-electron chi connectivity index (χ1n) is 10.8. The molecule has 6 nitrogen and oxygen atoms in total. The first-order valence-corrected chi connectivity index (χ1v) is 10.8. The molecule has 0 aliphatic carbocycles. The Morgan fingerprint density at radius 1 is 1.03 bits per heavy atom. The molecule has 0 bridgehead atoms. The van der Waals surface area contributed by atoms with Crippen molar-refractivity contribution in [3.8, 4) is 5.75 Å². The number of likely N-dealkylation sites (N-methyl/N-ethyl adjacent to an activating group) is 1. The van der Waals surface area contributed by atoms with Crippen LogP contribution in [0.15, 0.2) is 54.6 Å². The normalized spacial score (nSPS) is 15.2. The molecule has 1 heterocycles. The lowest BCUT2D eigenvalue weighted by Gasteiger charge is -2.37. The monoisotopic (exact) mass is 410 g/mol. The maximum absolute atomic E-state index is 12.7. The van der Waals surface area contributed by atoms with E-state index in [1.54, 1.807) is 0 Å². The standard InChI is InChI=1S/C24H34N4O2/c1-4-30-23-13-9-8-12-22(23)27-14-16-28(17-15-27)24(29)25-19-21(26(2)3)18-20-10-6-5-7-11-20/h5-13,21H,4,14-19H2,1-3H3,(H,25,29). The first kappa shape index (κ1) is 22.0. The van der Waals surface area contributed by atoms with Gasteiger partial charge >= 0.3 is 6.03 Å². The van der Waals surface area contributed by atoms with Crippen LogP contribution in [0.4, 0.5) is 10.5 Å². The third-order valence-corrected chi connectivity index (χ3v) is 5.61. The van der Waals surface area contributed by atoms with E-state index in [0.29, 0.717) is 26.2 Å². The van der Waals surface area contributed by atoms with Crippen LogP contribution in [0.3, 0.4) is 0 Å². The molecule has 1 saturated heterocycles. The van der Waals surface area contributed by atoms with E-state index in [-0.39, 0.29) is 12.1 Å². The summed E-state index contributed by atoms with van der Waals surface area (Å²) in [7, 11) is 4.13. The van der Waals surface area contributed by atoms with Crippen LogP contribution in [0.5, 0.6) is 5.75 Å². The molecule has 1 aliphatic heterocycles. The molecule has 2 aromatic carbocycles. The molecule has 0 spiro atoms. The average molecular weight is 411 g/mol. The van der Waals surface area contributed by atoms with Crippen molar-refractivity contribution in [3.63, 3.8) is 0 Å². The van der Waals surface area contributed by atoms with E-state index in [0.717, 1.165) is 30.9 Å². The van der Waals surface area contributed by atoms with Crippen molar-refractivity contribution in [3.05, 3.63) is 60.2 Å². The highest BCUT2D eigenvalue weighted by atomic mass is 16.5. The van der Waals surface area contributed by atoms with Gasteiger partial charge in [-0.25, -0.2) is 4.79 Å². The molecule has 6 heteroatoms. The fourth-order valence-electron chi connectivity index (χ4n) is 3.79. The van der Waals surface area contributed by atoms with Gasteiger partial charge in [0.2, 0.25) is 0 Å². The number of para-hydroxylation sites is 2. The fourth-order valence-corrected chi connectivity index (χ4v) is 3.79. The van der Waals surface area contributed by atoms with Crippen LogP contribution in [0.2, 0.25) is 0 Å². The topological polar surface area (TPSA) is 48.1 Å². The summed E-state index contributed by atoms with van der Waals surface area (Å²) in [4.78, 5) is 19.1. The molecule has 30 heavy (non-hydrogen) atoms. The van der Waals surface area contributed by atoms with E-state index < -0.39 is 0 Å². The zero-order valence-corrected chi connectivity index (χ0v) is 18.4. The van der Waals surface area contributed by atoms with Gasteiger partial charge in [0, 0.05) is 38.8 Å². The number of urea groups is 1. The minimum Gasteiger partial charge on any atom is -0.492 e. The molecule has 1 aliphatic rings. The molecule has 1 unspecified atom stereocenters. The summed E-state index contributed by atoms with van der Waals surface area (Å²) in [6, 6.07) is 18.8. The van der Waals surface area contributed by atoms with Gasteiger partial charge < -0.3 is 24.8 Å². The summed E-state index contributed by atoms with van der Waals surface area (Å²) in [6.45, 7) is 6.30. The molecule has 3 rings (SSSR count). The van der Waals surface area contributed by atoms with E-state index in [9.17, 15) is 4.79 Å². The molecular weight excluding hydrogens is 376 g/mol. The van der Waals surface area contributed by atoms with E-state index in [2.05, 4.69) is 59.5 Å². The van der Waals surface area contributed by atoms with Gasteiger partial charge in [-0.3, -0.25) is 0 Å². The Balaban J connectivity index is 1.50. The van der Waals surface area contributed by atoms with Crippen LogP contribution in [0.1, 0.15) is 12.5 Å². The molecule has 0 saturated carbocycles. The largest absolute Gasteiger partial charge is 0.492 e. The number of amides is 2. The van der Waals surface area contributed by atoms with Gasteiger partial charge in [0.05, 0.1) is 12.3 Å². The second-order valence-corrected chi connectivity index (χ2v) is 7.87. The van der Waals surface area contributed by atoms with Gasteiger partial charge in [-0.1, -0.05) is 42.5 Å². The zero-order valence-electron chi connectivity index (χ0n) is 18.4. The van der Waals surface area contributed by atoms with Gasteiger partial charge in [-0.05, 0) is 45.1 Å². The molecular formula is C24H34N4O2. The number of ether oxygens (including phenoxy) is 1. The quantitative estimate of drug-likeness (QED) is 0.727. The zero-order chi connectivity index (χ0) is 21.3. The summed E-state index contributed by atoms with van der Waals surface area (Å²) in [5.74, 6) is 0.910. The molecule has 1 atom stereocenters. The third-order valence-electron chi connectivity index (χ3n) is 5.61. The average Bonchev–Trinajstić information content (AvgIpc) is 2.77. The van der Waals surface area contributed by atoms with Crippen molar-refractivity contribution in [2.45, 2.75) is 19.4 Å². The number of benzene rings is 2. The second kappa shape index (κ2) is 10.9. The minimum absolute atomic E-state index is 0.0210. The van der Waals surface area contributed by atoms with E-state index in [4.69, 9.17) is 4.74 Å². The molecule has 0 radical (unpaired) electrons. The van der Waals surface area contributed by atoms with Gasteiger partial charge in [-0.2, -0.15) is 0 Å². The Hall–Kier alpha value is -2.73. The van der Waals surface area contributed by atoms with Crippen LogP contribution >= 0.6 is 0 Å². The van der Waals surface area contributed by atoms with Crippen LogP contribution in [0.25, 0.3) is 0 Å². The van der Waals surface area contributed by atoms with Crippen molar-refractivity contribution in [2.24, 2.45) is 0 Å². The summed E-state index contributed by atoms with van der Waals surface area (Å²) in [5, 5.41) is 3.14. The van der Waals surface area contributed by atoms with E-state index >= 15 is 0 Å². The van der Waals surface area contributed by atoms with Crippen molar-refractivity contribution in [1.29, 1.82) is 0 Å². The van der Waals surface area contributed by atoms with Crippen molar-refractivity contribution >= 4 is 11.7 Å². The van der Waals surface area contributed by atoms with Gasteiger partial charge in [-0.15, -0.1) is 0 Å². The Morgan fingerprint density at radius 3 is 2.37 bits per heavy atom. The van der Waals surface area contributed by atoms with E-state index in [1.165, 1.54) is 5.56 Å². The van der Waals surface area contributed by atoms with Crippen LogP contribution in [0, 0.1) is 0 Å². The highest BCUT2D eigenvalue weighted by molar-refractivity contribution is 5.74. The highest BCUT2D eigenvalue weighted by Gasteiger charge is 2.23. The van der Waals surface area contributed by atoms with Gasteiger partial charge in [0.1, 0.15) is 5.75 Å². The summed E-state index contributed by atoms with van der Waals surface area (Å²) in [6.07, 6.45) is 0.913. The summed E-state index contributed by atoms with van der Waals surface area (Å²) < 4.78 is 5.76. The maximum atomic E-state index is 12.7. The minimum atomic E-state index is 0.0210. The molecule has 0 aromatic heterocycles. The lowest BCUT2D eigenvalue weighted by atomic mass is 10.1. The Morgan fingerprint density at radius 2 is 1.70 bits per heavy atom. The fraction of sp³-hybridized carbons (Fsp3) is 0.458. The summed E-state index contributed by atoms with van der Waals surface area (Å²) >= 11 is 0. The lowest BCUT2D eigenvalue weighted by Crippen LogP contribution is -2.53. The number of hydrogen-bond acceptors (Lipinski definition) is 4. The van der Waals surface area contributed by atoms with Crippen LogP contribution in [-0.4, -0.2) is 75.3 Å². The number of piperazine rings is 1.